The molecule has 1 heteroatoms. The van der Waals surface area contributed by atoms with Crippen molar-refractivity contribution in [3.8, 4) is 0 Å². The van der Waals surface area contributed by atoms with E-state index < -0.39 is 0 Å². The smallest absolute Gasteiger partial charge is 0.0192 e. The summed E-state index contributed by atoms with van der Waals surface area (Å²) < 4.78 is 0. The SMILES string of the molecule is C=C1CN2CCCC1CC2. The second-order valence-corrected chi connectivity index (χ2v) is 3.56. The van der Waals surface area contributed by atoms with Gasteiger partial charge in [0.2, 0.25) is 0 Å². The van der Waals surface area contributed by atoms with E-state index in [-0.39, 0.29) is 0 Å². The minimum Gasteiger partial charge on any atom is -0.299 e. The Hall–Kier alpha value is -0.300. The molecule has 2 atom stereocenters. The highest BCUT2D eigenvalue weighted by molar-refractivity contribution is 5.08. The van der Waals surface area contributed by atoms with Gasteiger partial charge < -0.3 is 0 Å². The largest absolute Gasteiger partial charge is 0.299 e. The van der Waals surface area contributed by atoms with Crippen molar-refractivity contribution in [2.24, 2.45) is 5.92 Å². The molecule has 0 amide bonds. The highest BCUT2D eigenvalue weighted by atomic mass is 15.1. The molecular weight excluding hydrogens is 122 g/mol. The van der Waals surface area contributed by atoms with Crippen LogP contribution in [-0.4, -0.2) is 24.5 Å². The van der Waals surface area contributed by atoms with Crippen LogP contribution in [-0.2, 0) is 0 Å². The summed E-state index contributed by atoms with van der Waals surface area (Å²) in [6.07, 6.45) is 4.16. The van der Waals surface area contributed by atoms with Crippen molar-refractivity contribution in [2.45, 2.75) is 19.3 Å². The highest BCUT2D eigenvalue weighted by Gasteiger charge is 2.25. The van der Waals surface area contributed by atoms with Crippen LogP contribution in [0, 0.1) is 5.92 Å². The summed E-state index contributed by atoms with van der Waals surface area (Å²) in [6.45, 7) is 7.94. The Bertz CT molecular complexity index is 147. The molecule has 0 saturated carbocycles. The van der Waals surface area contributed by atoms with Crippen LogP contribution in [0.5, 0.6) is 0 Å². The molecule has 10 heavy (non-hydrogen) atoms. The highest BCUT2D eigenvalue weighted by Crippen LogP contribution is 2.29. The topological polar surface area (TPSA) is 3.24 Å². The molecular formula is C9H15N. The standard InChI is InChI=1S/C9H15N/c1-8-7-10-5-2-3-9(8)4-6-10/h9H,1-7H2. The van der Waals surface area contributed by atoms with Crippen molar-refractivity contribution in [1.29, 1.82) is 0 Å². The molecule has 0 aliphatic carbocycles. The average Bonchev–Trinajstić information content (AvgIpc) is 2.20. The quantitative estimate of drug-likeness (QED) is 0.459. The van der Waals surface area contributed by atoms with Gasteiger partial charge in [0.25, 0.3) is 0 Å². The van der Waals surface area contributed by atoms with Crippen LogP contribution in [0.4, 0.5) is 0 Å². The first-order valence-electron chi connectivity index (χ1n) is 4.26. The molecule has 3 saturated heterocycles. The first kappa shape index (κ1) is 6.41. The monoisotopic (exact) mass is 137 g/mol. The van der Waals surface area contributed by atoms with Crippen molar-refractivity contribution in [2.75, 3.05) is 19.6 Å². The van der Waals surface area contributed by atoms with E-state index in [1.807, 2.05) is 0 Å². The van der Waals surface area contributed by atoms with Gasteiger partial charge in [0.15, 0.2) is 0 Å². The minimum atomic E-state index is 0.874. The zero-order valence-electron chi connectivity index (χ0n) is 6.47. The lowest BCUT2D eigenvalue weighted by atomic mass is 9.91. The molecule has 2 unspecified atom stereocenters. The summed E-state index contributed by atoms with van der Waals surface area (Å²) >= 11 is 0. The van der Waals surface area contributed by atoms with Crippen molar-refractivity contribution < 1.29 is 0 Å². The van der Waals surface area contributed by atoms with Crippen LogP contribution >= 0.6 is 0 Å². The van der Waals surface area contributed by atoms with E-state index >= 15 is 0 Å². The number of hydrogen-bond donors (Lipinski definition) is 0. The Morgan fingerprint density at radius 1 is 1.30 bits per heavy atom. The van der Waals surface area contributed by atoms with Gasteiger partial charge in [0.1, 0.15) is 0 Å². The Kier molecular flexibility index (Phi) is 1.53. The predicted molar refractivity (Wildman–Crippen MR) is 42.9 cm³/mol. The summed E-state index contributed by atoms with van der Waals surface area (Å²) in [4.78, 5) is 2.53. The molecule has 3 rings (SSSR count). The van der Waals surface area contributed by atoms with Gasteiger partial charge in [-0.2, -0.15) is 0 Å². The Balaban J connectivity index is 2.15. The lowest BCUT2D eigenvalue weighted by Gasteiger charge is -2.28. The summed E-state index contributed by atoms with van der Waals surface area (Å²) in [5.74, 6) is 0.874. The molecule has 3 aliphatic heterocycles. The first-order chi connectivity index (χ1) is 4.86. The molecule has 1 nitrogen and oxygen atoms in total. The van der Waals surface area contributed by atoms with Gasteiger partial charge in [-0.25, -0.2) is 0 Å². The van der Waals surface area contributed by atoms with Crippen LogP contribution in [0.25, 0.3) is 0 Å². The summed E-state index contributed by atoms with van der Waals surface area (Å²) in [5.41, 5.74) is 1.49. The molecule has 0 radical (unpaired) electrons. The Labute approximate surface area is 62.7 Å². The van der Waals surface area contributed by atoms with Gasteiger partial charge in [-0.3, -0.25) is 4.90 Å². The summed E-state index contributed by atoms with van der Waals surface area (Å²) in [7, 11) is 0. The van der Waals surface area contributed by atoms with Gasteiger partial charge in [-0.1, -0.05) is 12.2 Å². The average molecular weight is 137 g/mol. The molecule has 0 N–H and O–H groups in total. The van der Waals surface area contributed by atoms with E-state index in [0.29, 0.717) is 0 Å². The van der Waals surface area contributed by atoms with Gasteiger partial charge >= 0.3 is 0 Å². The van der Waals surface area contributed by atoms with E-state index in [0.717, 1.165) is 5.92 Å². The number of hydrogen-bond acceptors (Lipinski definition) is 1. The number of fused-ring (bicyclic) bond motifs is 4. The lowest BCUT2D eigenvalue weighted by Crippen LogP contribution is -2.31. The van der Waals surface area contributed by atoms with Gasteiger partial charge in [-0.05, 0) is 38.3 Å². The fourth-order valence-corrected chi connectivity index (χ4v) is 2.14. The maximum absolute atomic E-state index is 4.12. The van der Waals surface area contributed by atoms with Crippen LogP contribution in [0.2, 0.25) is 0 Å². The first-order valence-corrected chi connectivity index (χ1v) is 4.26. The second-order valence-electron chi connectivity index (χ2n) is 3.56. The van der Waals surface area contributed by atoms with Crippen LogP contribution in [0.3, 0.4) is 0 Å². The summed E-state index contributed by atoms with van der Waals surface area (Å²) in [5, 5.41) is 0. The normalized spacial score (nSPS) is 39.8. The molecule has 0 aromatic rings. The molecule has 56 valence electrons. The van der Waals surface area contributed by atoms with E-state index in [4.69, 9.17) is 0 Å². The fraction of sp³-hybridized carbons (Fsp3) is 0.778. The Morgan fingerprint density at radius 3 is 3.00 bits per heavy atom. The number of rotatable bonds is 0. The van der Waals surface area contributed by atoms with Gasteiger partial charge in [0.05, 0.1) is 0 Å². The predicted octanol–water partition coefficient (Wildman–Crippen LogP) is 1.66. The van der Waals surface area contributed by atoms with E-state index in [1.54, 1.807) is 0 Å². The molecule has 0 spiro atoms. The third-order valence-corrected chi connectivity index (χ3v) is 2.82. The van der Waals surface area contributed by atoms with Crippen LogP contribution in [0.1, 0.15) is 19.3 Å². The van der Waals surface area contributed by atoms with Crippen molar-refractivity contribution in [3.05, 3.63) is 12.2 Å². The zero-order chi connectivity index (χ0) is 6.97. The zero-order valence-corrected chi connectivity index (χ0v) is 6.47. The Morgan fingerprint density at radius 2 is 2.20 bits per heavy atom. The van der Waals surface area contributed by atoms with Crippen molar-refractivity contribution >= 4 is 0 Å². The van der Waals surface area contributed by atoms with Crippen molar-refractivity contribution in [1.82, 2.24) is 4.90 Å². The van der Waals surface area contributed by atoms with Crippen LogP contribution in [0.15, 0.2) is 12.2 Å². The maximum Gasteiger partial charge on any atom is 0.0192 e. The van der Waals surface area contributed by atoms with Crippen LogP contribution < -0.4 is 0 Å². The fourth-order valence-electron chi connectivity index (χ4n) is 2.14. The van der Waals surface area contributed by atoms with E-state index in [9.17, 15) is 0 Å². The third-order valence-electron chi connectivity index (χ3n) is 2.82. The molecule has 0 aromatic heterocycles. The van der Waals surface area contributed by atoms with Gasteiger partial charge in [0, 0.05) is 6.54 Å². The molecule has 0 aromatic carbocycles. The molecule has 3 fully saturated rings. The van der Waals surface area contributed by atoms with Crippen molar-refractivity contribution in [3.63, 3.8) is 0 Å². The number of piperidine rings is 1. The lowest BCUT2D eigenvalue weighted by molar-refractivity contribution is 0.274. The second kappa shape index (κ2) is 2.39. The molecule has 2 bridgehead atoms. The molecule has 3 heterocycles. The van der Waals surface area contributed by atoms with E-state index in [2.05, 4.69) is 11.5 Å². The maximum atomic E-state index is 4.12. The minimum absolute atomic E-state index is 0.874. The molecule has 3 aliphatic rings. The number of nitrogens with zero attached hydrogens (tertiary/aromatic N) is 1. The third kappa shape index (κ3) is 0.988. The van der Waals surface area contributed by atoms with E-state index in [1.165, 1.54) is 44.5 Å². The summed E-state index contributed by atoms with van der Waals surface area (Å²) in [6, 6.07) is 0. The van der Waals surface area contributed by atoms with Gasteiger partial charge in [-0.15, -0.1) is 0 Å².